The number of nitro groups is 1. The van der Waals surface area contributed by atoms with Gasteiger partial charge in [0.05, 0.1) is 30.3 Å². The van der Waals surface area contributed by atoms with Gasteiger partial charge in [0.1, 0.15) is 5.75 Å². The van der Waals surface area contributed by atoms with Crippen LogP contribution in [0.1, 0.15) is 21.7 Å². The number of ether oxygens (including phenoxy) is 1. The Labute approximate surface area is 118 Å². The quantitative estimate of drug-likeness (QED) is 0.650. The number of nitro benzene ring substituents is 1. The van der Waals surface area contributed by atoms with E-state index in [4.69, 9.17) is 9.84 Å². The highest BCUT2D eigenvalue weighted by Crippen LogP contribution is 2.23. The predicted octanol–water partition coefficient (Wildman–Crippen LogP) is 1.25. The minimum Gasteiger partial charge on any atom is -0.496 e. The summed E-state index contributed by atoms with van der Waals surface area (Å²) in [4.78, 5) is 21.3. The Kier molecular flexibility index (Phi) is 3.83. The van der Waals surface area contributed by atoms with Gasteiger partial charge in [0.15, 0.2) is 5.69 Å². The van der Waals surface area contributed by atoms with Crippen molar-refractivity contribution in [3.63, 3.8) is 0 Å². The lowest BCUT2D eigenvalue weighted by Crippen LogP contribution is -2.06. The number of carboxylic acid groups (broad SMARTS) is 1. The van der Waals surface area contributed by atoms with Crippen LogP contribution >= 0.6 is 0 Å². The number of carboxylic acids is 1. The molecule has 0 unspecified atom stereocenters. The first-order valence-electron chi connectivity index (χ1n) is 5.88. The first-order valence-corrected chi connectivity index (χ1v) is 5.88. The SMILES string of the molecule is COc1cc(Cn2nnc(C(=O)O)c2C)cc([N+](=O)[O-])c1. The molecular formula is C12H12N4O5. The van der Waals surface area contributed by atoms with E-state index in [1.807, 2.05) is 0 Å². The number of nitrogens with zero attached hydrogens (tertiary/aromatic N) is 4. The van der Waals surface area contributed by atoms with Gasteiger partial charge >= 0.3 is 5.97 Å². The lowest BCUT2D eigenvalue weighted by atomic mass is 10.2. The van der Waals surface area contributed by atoms with E-state index >= 15 is 0 Å². The van der Waals surface area contributed by atoms with Gasteiger partial charge in [-0.25, -0.2) is 9.48 Å². The average molecular weight is 292 g/mol. The van der Waals surface area contributed by atoms with Crippen LogP contribution < -0.4 is 4.74 Å². The van der Waals surface area contributed by atoms with E-state index < -0.39 is 10.9 Å². The lowest BCUT2D eigenvalue weighted by Gasteiger charge is -2.06. The van der Waals surface area contributed by atoms with Crippen LogP contribution in [0.4, 0.5) is 5.69 Å². The van der Waals surface area contributed by atoms with Crippen molar-refractivity contribution in [3.05, 3.63) is 45.3 Å². The van der Waals surface area contributed by atoms with Crippen LogP contribution in [-0.4, -0.2) is 38.1 Å². The molecule has 0 bridgehead atoms. The molecule has 9 nitrogen and oxygen atoms in total. The largest absolute Gasteiger partial charge is 0.496 e. The molecule has 0 saturated carbocycles. The number of carbonyl (C=O) groups is 1. The molecule has 0 aliphatic rings. The Bertz CT molecular complexity index is 710. The standard InChI is InChI=1S/C12H12N4O5/c1-7-11(12(17)18)13-14-15(7)6-8-3-9(16(19)20)5-10(4-8)21-2/h3-5H,6H2,1-2H3,(H,17,18). The van der Waals surface area contributed by atoms with Crippen LogP contribution in [0.25, 0.3) is 0 Å². The molecule has 110 valence electrons. The summed E-state index contributed by atoms with van der Waals surface area (Å²) in [6.07, 6.45) is 0. The van der Waals surface area contributed by atoms with Gasteiger partial charge in [-0.1, -0.05) is 5.21 Å². The molecule has 0 aliphatic heterocycles. The van der Waals surface area contributed by atoms with Crippen LogP contribution in [0.5, 0.6) is 5.75 Å². The van der Waals surface area contributed by atoms with Gasteiger partial charge in [0.2, 0.25) is 0 Å². The van der Waals surface area contributed by atoms with Crippen molar-refractivity contribution in [3.8, 4) is 5.75 Å². The normalized spacial score (nSPS) is 10.4. The van der Waals surface area contributed by atoms with Crippen molar-refractivity contribution in [1.82, 2.24) is 15.0 Å². The molecule has 0 fully saturated rings. The molecule has 21 heavy (non-hydrogen) atoms. The summed E-state index contributed by atoms with van der Waals surface area (Å²) in [5, 5.41) is 27.1. The molecule has 9 heteroatoms. The maximum Gasteiger partial charge on any atom is 0.358 e. The molecule has 2 aromatic rings. The van der Waals surface area contributed by atoms with Gasteiger partial charge in [-0.3, -0.25) is 10.1 Å². The fourth-order valence-corrected chi connectivity index (χ4v) is 1.84. The molecule has 1 N–H and O–H groups in total. The van der Waals surface area contributed by atoms with Crippen LogP contribution in [-0.2, 0) is 6.54 Å². The van der Waals surface area contributed by atoms with Gasteiger partial charge in [-0.2, -0.15) is 0 Å². The molecule has 1 aromatic carbocycles. The van der Waals surface area contributed by atoms with Crippen molar-refractivity contribution in [2.75, 3.05) is 7.11 Å². The lowest BCUT2D eigenvalue weighted by molar-refractivity contribution is -0.385. The third kappa shape index (κ3) is 2.96. The number of aromatic nitrogens is 3. The zero-order valence-electron chi connectivity index (χ0n) is 11.3. The molecule has 1 heterocycles. The summed E-state index contributed by atoms with van der Waals surface area (Å²) in [5.74, 6) is -0.828. The molecule has 0 spiro atoms. The molecule has 0 atom stereocenters. The maximum absolute atomic E-state index is 10.9. The van der Waals surface area contributed by atoms with Crippen LogP contribution in [0.2, 0.25) is 0 Å². The zero-order valence-corrected chi connectivity index (χ0v) is 11.3. The third-order valence-corrected chi connectivity index (χ3v) is 2.92. The van der Waals surface area contributed by atoms with Crippen molar-refractivity contribution >= 4 is 11.7 Å². The zero-order chi connectivity index (χ0) is 15.6. The Morgan fingerprint density at radius 3 is 2.71 bits per heavy atom. The van der Waals surface area contributed by atoms with E-state index in [2.05, 4.69) is 10.3 Å². The monoisotopic (exact) mass is 292 g/mol. The molecule has 2 rings (SSSR count). The van der Waals surface area contributed by atoms with Crippen LogP contribution in [0.15, 0.2) is 18.2 Å². The van der Waals surface area contributed by atoms with Gasteiger partial charge < -0.3 is 9.84 Å². The van der Waals surface area contributed by atoms with E-state index in [-0.39, 0.29) is 17.9 Å². The molecule has 0 saturated heterocycles. The molecule has 0 amide bonds. The summed E-state index contributed by atoms with van der Waals surface area (Å²) in [5.41, 5.74) is 0.673. The van der Waals surface area contributed by atoms with E-state index in [0.717, 1.165) is 0 Å². The van der Waals surface area contributed by atoms with Gasteiger partial charge in [0, 0.05) is 6.07 Å². The van der Waals surface area contributed by atoms with E-state index in [1.54, 1.807) is 13.0 Å². The number of aromatic carboxylic acids is 1. The number of benzene rings is 1. The summed E-state index contributed by atoms with van der Waals surface area (Å²) < 4.78 is 6.38. The molecule has 0 radical (unpaired) electrons. The van der Waals surface area contributed by atoms with E-state index in [9.17, 15) is 14.9 Å². The summed E-state index contributed by atoms with van der Waals surface area (Å²) in [7, 11) is 1.41. The minimum atomic E-state index is -1.17. The van der Waals surface area contributed by atoms with Crippen molar-refractivity contribution in [2.45, 2.75) is 13.5 Å². The van der Waals surface area contributed by atoms with Crippen LogP contribution in [0, 0.1) is 17.0 Å². The second-order valence-electron chi connectivity index (χ2n) is 4.28. The molecule has 0 aliphatic carbocycles. The molecular weight excluding hydrogens is 280 g/mol. The Morgan fingerprint density at radius 2 is 2.19 bits per heavy atom. The Balaban J connectivity index is 2.37. The third-order valence-electron chi connectivity index (χ3n) is 2.92. The van der Waals surface area contributed by atoms with Gasteiger partial charge in [0.25, 0.3) is 5.69 Å². The second kappa shape index (κ2) is 5.57. The maximum atomic E-state index is 10.9. The van der Waals surface area contributed by atoms with Gasteiger partial charge in [-0.15, -0.1) is 5.10 Å². The van der Waals surface area contributed by atoms with Crippen LogP contribution in [0.3, 0.4) is 0 Å². The number of hydrogen-bond donors (Lipinski definition) is 1. The fraction of sp³-hybridized carbons (Fsp3) is 0.250. The minimum absolute atomic E-state index is 0.111. The first kappa shape index (κ1) is 14.4. The Morgan fingerprint density at radius 1 is 1.48 bits per heavy atom. The smallest absolute Gasteiger partial charge is 0.358 e. The second-order valence-corrected chi connectivity index (χ2v) is 4.28. The molecule has 1 aromatic heterocycles. The summed E-state index contributed by atoms with van der Waals surface area (Å²) in [6, 6.07) is 4.30. The topological polar surface area (TPSA) is 120 Å². The van der Waals surface area contributed by atoms with Crippen molar-refractivity contribution in [2.24, 2.45) is 0 Å². The fourth-order valence-electron chi connectivity index (χ4n) is 1.84. The number of non-ortho nitro benzene ring substituents is 1. The predicted molar refractivity (Wildman–Crippen MR) is 70.5 cm³/mol. The highest BCUT2D eigenvalue weighted by atomic mass is 16.6. The first-order chi connectivity index (χ1) is 9.92. The number of rotatable bonds is 5. The summed E-state index contributed by atoms with van der Waals surface area (Å²) in [6.45, 7) is 1.72. The van der Waals surface area contributed by atoms with E-state index in [0.29, 0.717) is 17.0 Å². The Hall–Kier alpha value is -2.97. The van der Waals surface area contributed by atoms with Gasteiger partial charge in [-0.05, 0) is 18.6 Å². The van der Waals surface area contributed by atoms with E-state index in [1.165, 1.54) is 23.9 Å². The summed E-state index contributed by atoms with van der Waals surface area (Å²) >= 11 is 0. The van der Waals surface area contributed by atoms with Crippen molar-refractivity contribution < 1.29 is 19.6 Å². The number of methoxy groups -OCH3 is 1. The average Bonchev–Trinajstić information content (AvgIpc) is 2.80. The highest BCUT2D eigenvalue weighted by molar-refractivity contribution is 5.86. The highest BCUT2D eigenvalue weighted by Gasteiger charge is 2.16. The number of hydrogen-bond acceptors (Lipinski definition) is 6. The van der Waals surface area contributed by atoms with Crippen molar-refractivity contribution in [1.29, 1.82) is 0 Å².